The first-order chi connectivity index (χ1) is 10.2. The van der Waals surface area contributed by atoms with Crippen LogP contribution in [0, 0.1) is 0 Å². The molecule has 1 aliphatic heterocycles. The molecule has 21 heavy (non-hydrogen) atoms. The van der Waals surface area contributed by atoms with Crippen LogP contribution in [-0.2, 0) is 4.79 Å². The molecular weight excluding hydrogens is 266 g/mol. The molecule has 1 aromatic rings. The molecule has 5 heteroatoms. The lowest BCUT2D eigenvalue weighted by atomic mass is 10.0. The smallest absolute Gasteiger partial charge is 0.220 e. The summed E-state index contributed by atoms with van der Waals surface area (Å²) in [4.78, 5) is 14.0. The van der Waals surface area contributed by atoms with E-state index in [0.717, 1.165) is 43.8 Å². The number of hydrogen-bond donors (Lipinski definition) is 2. The molecule has 0 bridgehead atoms. The summed E-state index contributed by atoms with van der Waals surface area (Å²) in [5.74, 6) is 1.03. The van der Waals surface area contributed by atoms with Crippen LogP contribution in [0.1, 0.15) is 25.7 Å². The number of carbonyl (C=O) groups is 1. The van der Waals surface area contributed by atoms with Crippen LogP contribution in [0.5, 0.6) is 5.75 Å². The Morgan fingerprint density at radius 3 is 2.76 bits per heavy atom. The highest BCUT2D eigenvalue weighted by atomic mass is 16.5. The van der Waals surface area contributed by atoms with Crippen LogP contribution >= 0.6 is 0 Å². The number of nitrogens with zero attached hydrogens (tertiary/aromatic N) is 1. The number of para-hydroxylation sites is 2. The minimum Gasteiger partial charge on any atom is -0.495 e. The monoisotopic (exact) mass is 291 g/mol. The van der Waals surface area contributed by atoms with Gasteiger partial charge in [-0.15, -0.1) is 0 Å². The molecule has 0 radical (unpaired) electrons. The highest BCUT2D eigenvalue weighted by molar-refractivity contribution is 5.76. The number of hydrogen-bond acceptors (Lipinski definition) is 4. The number of rotatable bonds is 6. The van der Waals surface area contributed by atoms with E-state index in [-0.39, 0.29) is 11.9 Å². The Morgan fingerprint density at radius 1 is 1.38 bits per heavy atom. The van der Waals surface area contributed by atoms with Gasteiger partial charge in [-0.3, -0.25) is 4.79 Å². The molecule has 0 aliphatic carbocycles. The number of benzene rings is 1. The minimum absolute atomic E-state index is 0.121. The lowest BCUT2D eigenvalue weighted by Crippen LogP contribution is -2.44. The minimum atomic E-state index is 0.121. The first-order valence-electron chi connectivity index (χ1n) is 7.62. The van der Waals surface area contributed by atoms with E-state index in [9.17, 15) is 4.79 Å². The zero-order chi connectivity index (χ0) is 15.1. The Bertz CT molecular complexity index is 457. The molecule has 116 valence electrons. The summed E-state index contributed by atoms with van der Waals surface area (Å²) in [6.45, 7) is 2.43. The molecule has 1 amide bonds. The Balaban J connectivity index is 1.84. The van der Waals surface area contributed by atoms with Crippen molar-refractivity contribution in [3.05, 3.63) is 24.3 Å². The van der Waals surface area contributed by atoms with Gasteiger partial charge in [0.25, 0.3) is 0 Å². The second-order valence-corrected chi connectivity index (χ2v) is 5.39. The molecule has 1 aliphatic rings. The highest BCUT2D eigenvalue weighted by Crippen LogP contribution is 2.29. The van der Waals surface area contributed by atoms with Gasteiger partial charge in [-0.2, -0.15) is 0 Å². The second kappa shape index (κ2) is 7.88. The summed E-state index contributed by atoms with van der Waals surface area (Å²) in [6.07, 6.45) is 3.22. The Labute approximate surface area is 126 Å². The van der Waals surface area contributed by atoms with E-state index in [1.165, 1.54) is 0 Å². The summed E-state index contributed by atoms with van der Waals surface area (Å²) in [5.41, 5.74) is 6.55. The van der Waals surface area contributed by atoms with Crippen molar-refractivity contribution in [1.29, 1.82) is 0 Å². The van der Waals surface area contributed by atoms with Crippen LogP contribution in [0.25, 0.3) is 0 Å². The maximum absolute atomic E-state index is 11.7. The third-order valence-electron chi connectivity index (χ3n) is 3.89. The lowest BCUT2D eigenvalue weighted by molar-refractivity contribution is -0.122. The van der Waals surface area contributed by atoms with Crippen molar-refractivity contribution in [2.24, 2.45) is 5.73 Å². The molecule has 3 N–H and O–H groups in total. The number of nitrogens with two attached hydrogens (primary N) is 1. The molecule has 5 nitrogen and oxygen atoms in total. The fourth-order valence-corrected chi connectivity index (χ4v) is 2.72. The SMILES string of the molecule is COc1ccccc1N1CCC(NC(=O)CCCN)CC1. The lowest BCUT2D eigenvalue weighted by Gasteiger charge is -2.34. The second-order valence-electron chi connectivity index (χ2n) is 5.39. The fourth-order valence-electron chi connectivity index (χ4n) is 2.72. The van der Waals surface area contributed by atoms with Crippen LogP contribution in [0.4, 0.5) is 5.69 Å². The molecule has 1 aromatic carbocycles. The summed E-state index contributed by atoms with van der Waals surface area (Å²) in [6, 6.07) is 8.35. The molecule has 2 rings (SSSR count). The average Bonchev–Trinajstić information content (AvgIpc) is 2.53. The van der Waals surface area contributed by atoms with E-state index in [1.54, 1.807) is 7.11 Å². The third-order valence-corrected chi connectivity index (χ3v) is 3.89. The molecule has 0 spiro atoms. The maximum atomic E-state index is 11.7. The zero-order valence-electron chi connectivity index (χ0n) is 12.7. The van der Waals surface area contributed by atoms with Crippen molar-refractivity contribution < 1.29 is 9.53 Å². The Hall–Kier alpha value is -1.75. The quantitative estimate of drug-likeness (QED) is 0.834. The van der Waals surface area contributed by atoms with E-state index in [0.29, 0.717) is 13.0 Å². The van der Waals surface area contributed by atoms with E-state index < -0.39 is 0 Å². The largest absolute Gasteiger partial charge is 0.495 e. The first kappa shape index (κ1) is 15.6. The molecule has 1 fully saturated rings. The first-order valence-corrected chi connectivity index (χ1v) is 7.62. The van der Waals surface area contributed by atoms with E-state index >= 15 is 0 Å². The maximum Gasteiger partial charge on any atom is 0.220 e. The molecule has 1 saturated heterocycles. The van der Waals surface area contributed by atoms with Crippen LogP contribution in [0.2, 0.25) is 0 Å². The molecule has 1 heterocycles. The van der Waals surface area contributed by atoms with E-state index in [1.807, 2.05) is 18.2 Å². The fraction of sp³-hybridized carbons (Fsp3) is 0.562. The van der Waals surface area contributed by atoms with Gasteiger partial charge in [0.15, 0.2) is 0 Å². The molecule has 0 atom stereocenters. The van der Waals surface area contributed by atoms with Crippen molar-refractivity contribution in [2.45, 2.75) is 31.7 Å². The third kappa shape index (κ3) is 4.36. The standard InChI is InChI=1S/C16H25N3O2/c1-21-15-6-3-2-5-14(15)19-11-8-13(9-12-19)18-16(20)7-4-10-17/h2-3,5-6,13H,4,7-12,17H2,1H3,(H,18,20). The predicted molar refractivity (Wildman–Crippen MR) is 84.7 cm³/mol. The van der Waals surface area contributed by atoms with Crippen molar-refractivity contribution in [3.8, 4) is 5.75 Å². The van der Waals surface area contributed by atoms with Gasteiger partial charge in [-0.05, 0) is 37.9 Å². The van der Waals surface area contributed by atoms with E-state index in [4.69, 9.17) is 10.5 Å². The van der Waals surface area contributed by atoms with Gasteiger partial charge in [0.05, 0.1) is 12.8 Å². The number of nitrogens with one attached hydrogen (secondary N) is 1. The number of amides is 1. The summed E-state index contributed by atoms with van der Waals surface area (Å²) in [7, 11) is 1.70. The summed E-state index contributed by atoms with van der Waals surface area (Å²) >= 11 is 0. The van der Waals surface area contributed by atoms with Gasteiger partial charge in [0.2, 0.25) is 5.91 Å². The molecule has 0 saturated carbocycles. The zero-order valence-corrected chi connectivity index (χ0v) is 12.7. The van der Waals surface area contributed by atoms with Crippen LogP contribution in [0.3, 0.4) is 0 Å². The topological polar surface area (TPSA) is 67.6 Å². The molecule has 0 aromatic heterocycles. The van der Waals surface area contributed by atoms with Crippen LogP contribution < -0.4 is 20.7 Å². The molecule has 0 unspecified atom stereocenters. The van der Waals surface area contributed by atoms with Gasteiger partial charge in [0.1, 0.15) is 5.75 Å². The number of methoxy groups -OCH3 is 1. The van der Waals surface area contributed by atoms with Gasteiger partial charge < -0.3 is 20.7 Å². The van der Waals surface area contributed by atoms with Gasteiger partial charge in [0, 0.05) is 25.6 Å². The van der Waals surface area contributed by atoms with Crippen molar-refractivity contribution in [2.75, 3.05) is 31.6 Å². The number of piperidine rings is 1. The number of anilines is 1. The number of carbonyl (C=O) groups excluding carboxylic acids is 1. The summed E-state index contributed by atoms with van der Waals surface area (Å²) < 4.78 is 5.41. The van der Waals surface area contributed by atoms with Gasteiger partial charge in [-0.25, -0.2) is 0 Å². The average molecular weight is 291 g/mol. The van der Waals surface area contributed by atoms with Crippen LogP contribution in [0.15, 0.2) is 24.3 Å². The van der Waals surface area contributed by atoms with Crippen molar-refractivity contribution in [1.82, 2.24) is 5.32 Å². The Kier molecular flexibility index (Phi) is 5.87. The summed E-state index contributed by atoms with van der Waals surface area (Å²) in [5, 5.41) is 3.10. The van der Waals surface area contributed by atoms with Crippen molar-refractivity contribution in [3.63, 3.8) is 0 Å². The molecular formula is C16H25N3O2. The van der Waals surface area contributed by atoms with Crippen molar-refractivity contribution >= 4 is 11.6 Å². The highest BCUT2D eigenvalue weighted by Gasteiger charge is 2.22. The van der Waals surface area contributed by atoms with Gasteiger partial charge in [-0.1, -0.05) is 12.1 Å². The van der Waals surface area contributed by atoms with Gasteiger partial charge >= 0.3 is 0 Å². The number of ether oxygens (including phenoxy) is 1. The van der Waals surface area contributed by atoms with E-state index in [2.05, 4.69) is 16.3 Å². The Morgan fingerprint density at radius 2 is 2.10 bits per heavy atom. The van der Waals surface area contributed by atoms with Crippen LogP contribution in [-0.4, -0.2) is 38.7 Å². The predicted octanol–water partition coefficient (Wildman–Crippen LogP) is 1.52. The normalized spacial score (nSPS) is 15.8.